The van der Waals surface area contributed by atoms with E-state index in [1.165, 1.54) is 11.3 Å². The second-order valence-corrected chi connectivity index (χ2v) is 7.83. The van der Waals surface area contributed by atoms with Crippen LogP contribution in [0.1, 0.15) is 38.9 Å². The molecule has 0 saturated heterocycles. The van der Waals surface area contributed by atoms with E-state index < -0.39 is 0 Å². The SMILES string of the molecule is C[C@@H]1CC[C@@H](NC(=O)N(C)Cc2nc3ccsc3c(=O)[nH]2)C[C@H]1C. The Morgan fingerprint density at radius 1 is 1.42 bits per heavy atom. The first-order chi connectivity index (χ1) is 11.4. The van der Waals surface area contributed by atoms with E-state index in [2.05, 4.69) is 29.1 Å². The van der Waals surface area contributed by atoms with Crippen LogP contribution in [0.15, 0.2) is 16.2 Å². The highest BCUT2D eigenvalue weighted by molar-refractivity contribution is 7.17. The number of amides is 2. The van der Waals surface area contributed by atoms with Crippen LogP contribution in [0, 0.1) is 11.8 Å². The van der Waals surface area contributed by atoms with E-state index in [4.69, 9.17) is 0 Å². The number of aromatic amines is 1. The highest BCUT2D eigenvalue weighted by Crippen LogP contribution is 2.29. The lowest BCUT2D eigenvalue weighted by Crippen LogP contribution is -2.45. The van der Waals surface area contributed by atoms with Crippen LogP contribution in [-0.2, 0) is 6.54 Å². The lowest BCUT2D eigenvalue weighted by molar-refractivity contribution is 0.183. The van der Waals surface area contributed by atoms with Crippen LogP contribution in [-0.4, -0.2) is 34.0 Å². The molecule has 2 amide bonds. The fraction of sp³-hybridized carbons (Fsp3) is 0.588. The van der Waals surface area contributed by atoms with Crippen LogP contribution < -0.4 is 10.9 Å². The molecule has 2 aromatic heterocycles. The zero-order valence-electron chi connectivity index (χ0n) is 14.3. The van der Waals surface area contributed by atoms with Gasteiger partial charge in [-0.1, -0.05) is 13.8 Å². The van der Waals surface area contributed by atoms with Crippen molar-refractivity contribution in [2.45, 2.75) is 45.7 Å². The second kappa shape index (κ2) is 6.93. The third kappa shape index (κ3) is 3.61. The van der Waals surface area contributed by atoms with Gasteiger partial charge in [0.05, 0.1) is 12.1 Å². The monoisotopic (exact) mass is 348 g/mol. The molecule has 1 aliphatic carbocycles. The fourth-order valence-electron chi connectivity index (χ4n) is 3.26. The van der Waals surface area contributed by atoms with E-state index in [0.29, 0.717) is 22.0 Å². The molecule has 0 unspecified atom stereocenters. The number of carbonyl (C=O) groups excluding carboxylic acids is 1. The lowest BCUT2D eigenvalue weighted by atomic mass is 9.79. The van der Waals surface area contributed by atoms with Crippen LogP contribution in [0.2, 0.25) is 0 Å². The number of rotatable bonds is 3. The zero-order valence-corrected chi connectivity index (χ0v) is 15.2. The Bertz CT molecular complexity index is 784. The normalized spacial score (nSPS) is 24.0. The van der Waals surface area contributed by atoms with Gasteiger partial charge in [-0.05, 0) is 42.5 Å². The number of nitrogens with one attached hydrogen (secondary N) is 2. The maximum Gasteiger partial charge on any atom is 0.317 e. The molecule has 0 aliphatic heterocycles. The molecule has 24 heavy (non-hydrogen) atoms. The van der Waals surface area contributed by atoms with Crippen LogP contribution in [0.25, 0.3) is 10.2 Å². The minimum atomic E-state index is -0.145. The van der Waals surface area contributed by atoms with E-state index in [-0.39, 0.29) is 24.2 Å². The van der Waals surface area contributed by atoms with Crippen molar-refractivity contribution < 1.29 is 4.79 Å². The van der Waals surface area contributed by atoms with Gasteiger partial charge in [-0.25, -0.2) is 9.78 Å². The van der Waals surface area contributed by atoms with Crippen molar-refractivity contribution in [2.75, 3.05) is 7.05 Å². The first-order valence-corrected chi connectivity index (χ1v) is 9.30. The molecule has 0 spiro atoms. The predicted octanol–water partition coefficient (Wildman–Crippen LogP) is 2.95. The minimum absolute atomic E-state index is 0.116. The van der Waals surface area contributed by atoms with Gasteiger partial charge in [0.25, 0.3) is 5.56 Å². The van der Waals surface area contributed by atoms with Crippen molar-refractivity contribution in [2.24, 2.45) is 11.8 Å². The third-order valence-electron chi connectivity index (χ3n) is 5.02. The highest BCUT2D eigenvalue weighted by Gasteiger charge is 2.26. The van der Waals surface area contributed by atoms with E-state index >= 15 is 0 Å². The molecule has 1 saturated carbocycles. The van der Waals surface area contributed by atoms with Gasteiger partial charge in [0, 0.05) is 13.1 Å². The molecule has 2 N–H and O–H groups in total. The molecule has 2 aromatic rings. The summed E-state index contributed by atoms with van der Waals surface area (Å²) >= 11 is 1.37. The molecule has 1 aliphatic rings. The van der Waals surface area contributed by atoms with Gasteiger partial charge in [0.15, 0.2) is 0 Å². The molecule has 6 nitrogen and oxygen atoms in total. The Balaban J connectivity index is 1.62. The highest BCUT2D eigenvalue weighted by atomic mass is 32.1. The van der Waals surface area contributed by atoms with Crippen molar-refractivity contribution in [3.05, 3.63) is 27.6 Å². The first-order valence-electron chi connectivity index (χ1n) is 8.42. The van der Waals surface area contributed by atoms with Crippen molar-refractivity contribution in [3.63, 3.8) is 0 Å². The maximum absolute atomic E-state index is 12.4. The molecule has 7 heteroatoms. The van der Waals surface area contributed by atoms with Crippen molar-refractivity contribution >= 4 is 27.6 Å². The minimum Gasteiger partial charge on any atom is -0.335 e. The van der Waals surface area contributed by atoms with Crippen molar-refractivity contribution in [1.29, 1.82) is 0 Å². The number of H-pyrrole nitrogens is 1. The van der Waals surface area contributed by atoms with Crippen LogP contribution in [0.3, 0.4) is 0 Å². The summed E-state index contributed by atoms with van der Waals surface area (Å²) in [5, 5.41) is 4.95. The number of carbonyl (C=O) groups is 1. The van der Waals surface area contributed by atoms with Gasteiger partial charge in [0.1, 0.15) is 10.5 Å². The Morgan fingerprint density at radius 2 is 2.21 bits per heavy atom. The summed E-state index contributed by atoms with van der Waals surface area (Å²) in [6.07, 6.45) is 3.21. The summed E-state index contributed by atoms with van der Waals surface area (Å²) in [6.45, 7) is 4.81. The van der Waals surface area contributed by atoms with Gasteiger partial charge in [0.2, 0.25) is 0 Å². The summed E-state index contributed by atoms with van der Waals surface area (Å²) in [5.41, 5.74) is 0.538. The molecular weight excluding hydrogens is 324 g/mol. The standard InChI is InChI=1S/C17H24N4O2S/c1-10-4-5-12(8-11(10)2)18-17(23)21(3)9-14-19-13-6-7-24-15(13)16(22)20-14/h6-7,10-12H,4-5,8-9H2,1-3H3,(H,18,23)(H,19,20,22)/t10-,11-,12-/m1/s1. The average molecular weight is 348 g/mol. The van der Waals surface area contributed by atoms with Crippen molar-refractivity contribution in [3.8, 4) is 0 Å². The van der Waals surface area contributed by atoms with E-state index in [1.54, 1.807) is 11.9 Å². The van der Waals surface area contributed by atoms with Crippen LogP contribution in [0.5, 0.6) is 0 Å². The average Bonchev–Trinajstić information content (AvgIpc) is 3.00. The third-order valence-corrected chi connectivity index (χ3v) is 5.93. The molecule has 3 rings (SSSR count). The van der Waals surface area contributed by atoms with Gasteiger partial charge in [-0.2, -0.15) is 0 Å². The summed E-state index contributed by atoms with van der Waals surface area (Å²) in [5.74, 6) is 1.87. The quantitative estimate of drug-likeness (QED) is 0.895. The lowest BCUT2D eigenvalue weighted by Gasteiger charge is -2.33. The number of urea groups is 1. The molecule has 3 atom stereocenters. The predicted molar refractivity (Wildman–Crippen MR) is 96.2 cm³/mol. The van der Waals surface area contributed by atoms with Gasteiger partial charge in [-0.3, -0.25) is 4.79 Å². The smallest absolute Gasteiger partial charge is 0.317 e. The fourth-order valence-corrected chi connectivity index (χ4v) is 3.98. The number of hydrogen-bond acceptors (Lipinski definition) is 4. The Kier molecular flexibility index (Phi) is 4.89. The number of hydrogen-bond donors (Lipinski definition) is 2. The van der Waals surface area contributed by atoms with E-state index in [1.807, 2.05) is 11.4 Å². The summed E-state index contributed by atoms with van der Waals surface area (Å²) in [4.78, 5) is 33.1. The molecule has 130 valence electrons. The van der Waals surface area contributed by atoms with Gasteiger partial charge >= 0.3 is 6.03 Å². The van der Waals surface area contributed by atoms with Gasteiger partial charge in [-0.15, -0.1) is 11.3 Å². The Morgan fingerprint density at radius 3 is 2.96 bits per heavy atom. The number of thiophene rings is 1. The van der Waals surface area contributed by atoms with E-state index in [9.17, 15) is 9.59 Å². The molecule has 1 fully saturated rings. The second-order valence-electron chi connectivity index (χ2n) is 6.92. The molecule has 0 aromatic carbocycles. The first kappa shape index (κ1) is 17.0. The summed E-state index contributed by atoms with van der Waals surface area (Å²) < 4.78 is 0.621. The number of aromatic nitrogens is 2. The maximum atomic E-state index is 12.4. The number of fused-ring (bicyclic) bond motifs is 1. The molecule has 0 bridgehead atoms. The largest absolute Gasteiger partial charge is 0.335 e. The summed E-state index contributed by atoms with van der Waals surface area (Å²) in [6, 6.07) is 1.94. The molecule has 0 radical (unpaired) electrons. The van der Waals surface area contributed by atoms with Crippen molar-refractivity contribution in [1.82, 2.24) is 20.2 Å². The summed E-state index contributed by atoms with van der Waals surface area (Å²) in [7, 11) is 1.72. The Labute approximate surface area is 145 Å². The molecular formula is C17H24N4O2S. The van der Waals surface area contributed by atoms with Gasteiger partial charge < -0.3 is 15.2 Å². The number of nitrogens with zero attached hydrogens (tertiary/aromatic N) is 2. The van der Waals surface area contributed by atoms with E-state index in [0.717, 1.165) is 25.2 Å². The topological polar surface area (TPSA) is 78.1 Å². The zero-order chi connectivity index (χ0) is 17.3. The van der Waals surface area contributed by atoms with Crippen LogP contribution >= 0.6 is 11.3 Å². The van der Waals surface area contributed by atoms with Crippen LogP contribution in [0.4, 0.5) is 4.79 Å². The molecule has 2 heterocycles. The Hall–Kier alpha value is -1.89.